The van der Waals surface area contributed by atoms with Crippen molar-refractivity contribution in [2.75, 3.05) is 26.7 Å². The van der Waals surface area contributed by atoms with E-state index in [0.29, 0.717) is 24.6 Å². The van der Waals surface area contributed by atoms with Gasteiger partial charge in [-0.2, -0.15) is 4.31 Å². The van der Waals surface area contributed by atoms with Gasteiger partial charge in [-0.1, -0.05) is 24.3 Å². The Morgan fingerprint density at radius 3 is 2.60 bits per heavy atom. The van der Waals surface area contributed by atoms with Crippen molar-refractivity contribution in [3.63, 3.8) is 0 Å². The molecule has 0 bridgehead atoms. The van der Waals surface area contributed by atoms with E-state index < -0.39 is 10.0 Å². The number of nitrogens with zero attached hydrogens (tertiary/aromatic N) is 1. The normalized spacial score (nSPS) is 18.2. The van der Waals surface area contributed by atoms with Crippen LogP contribution in [0.3, 0.4) is 0 Å². The summed E-state index contributed by atoms with van der Waals surface area (Å²) in [6, 6.07) is 11.0. The minimum atomic E-state index is -3.53. The van der Waals surface area contributed by atoms with Gasteiger partial charge in [-0.3, -0.25) is 0 Å². The van der Waals surface area contributed by atoms with Crippen molar-refractivity contribution >= 4 is 33.2 Å². The molecular weight excluding hydrogens is 360 g/mol. The van der Waals surface area contributed by atoms with E-state index in [0.717, 1.165) is 29.4 Å². The smallest absolute Gasteiger partial charge is 0.243 e. The molecule has 1 N–H and O–H groups in total. The number of halogens is 1. The summed E-state index contributed by atoms with van der Waals surface area (Å²) in [5.74, 6) is 0.722. The summed E-state index contributed by atoms with van der Waals surface area (Å²) in [7, 11) is -1.67. The molecule has 1 fully saturated rings. The number of hydrogen-bond acceptors (Lipinski definition) is 4. The van der Waals surface area contributed by atoms with Gasteiger partial charge in [-0.15, -0.1) is 12.4 Å². The molecule has 25 heavy (non-hydrogen) atoms. The molecule has 0 spiro atoms. The topological polar surface area (TPSA) is 58.6 Å². The first-order valence-corrected chi connectivity index (χ1v) is 9.84. The Balaban J connectivity index is 0.00000225. The average Bonchev–Trinajstić information content (AvgIpc) is 3.05. The first-order chi connectivity index (χ1) is 11.6. The minimum absolute atomic E-state index is 0. The highest BCUT2D eigenvalue weighted by atomic mass is 35.5. The lowest BCUT2D eigenvalue weighted by atomic mass is 10.1. The van der Waals surface area contributed by atoms with Crippen molar-refractivity contribution in [1.29, 1.82) is 0 Å². The van der Waals surface area contributed by atoms with Crippen LogP contribution in [0.15, 0.2) is 41.3 Å². The maximum Gasteiger partial charge on any atom is 0.243 e. The van der Waals surface area contributed by atoms with E-state index in [4.69, 9.17) is 4.74 Å². The van der Waals surface area contributed by atoms with Crippen LogP contribution in [0.1, 0.15) is 19.8 Å². The summed E-state index contributed by atoms with van der Waals surface area (Å²) in [4.78, 5) is 0.365. The van der Waals surface area contributed by atoms with Gasteiger partial charge in [0, 0.05) is 29.9 Å². The van der Waals surface area contributed by atoms with Gasteiger partial charge in [0.25, 0.3) is 0 Å². The number of likely N-dealkylation sites (N-methyl/N-ethyl adjacent to an activating group) is 1. The maximum absolute atomic E-state index is 13.3. The lowest BCUT2D eigenvalue weighted by molar-refractivity contribution is 0.344. The second kappa shape index (κ2) is 8.36. The van der Waals surface area contributed by atoms with Crippen LogP contribution in [0.25, 0.3) is 10.8 Å². The molecule has 0 radical (unpaired) electrons. The van der Waals surface area contributed by atoms with Crippen molar-refractivity contribution in [3.8, 4) is 5.75 Å². The number of benzene rings is 2. The van der Waals surface area contributed by atoms with Crippen molar-refractivity contribution < 1.29 is 13.2 Å². The highest BCUT2D eigenvalue weighted by molar-refractivity contribution is 7.89. The van der Waals surface area contributed by atoms with Crippen LogP contribution < -0.4 is 10.1 Å². The van der Waals surface area contributed by atoms with Gasteiger partial charge in [-0.05, 0) is 38.9 Å². The van der Waals surface area contributed by atoms with Gasteiger partial charge in [0.2, 0.25) is 10.0 Å². The zero-order chi connectivity index (χ0) is 17.2. The molecule has 1 atom stereocenters. The number of ether oxygens (including phenoxy) is 1. The van der Waals surface area contributed by atoms with Crippen LogP contribution in [0.4, 0.5) is 0 Å². The Labute approximate surface area is 155 Å². The van der Waals surface area contributed by atoms with Gasteiger partial charge in [0.1, 0.15) is 5.75 Å². The molecule has 2 aromatic carbocycles. The Morgan fingerprint density at radius 1 is 1.20 bits per heavy atom. The lowest BCUT2D eigenvalue weighted by Gasteiger charge is -2.25. The summed E-state index contributed by atoms with van der Waals surface area (Å²) in [6.45, 7) is 3.73. The number of hydrogen-bond donors (Lipinski definition) is 1. The molecule has 1 heterocycles. The zero-order valence-corrected chi connectivity index (χ0v) is 16.2. The molecule has 0 saturated carbocycles. The molecule has 1 saturated heterocycles. The fourth-order valence-corrected chi connectivity index (χ4v) is 5.33. The molecular formula is C18H25ClN2O3S. The molecule has 0 amide bonds. The van der Waals surface area contributed by atoms with E-state index in [1.165, 1.54) is 0 Å². The molecule has 7 heteroatoms. The largest absolute Gasteiger partial charge is 0.493 e. The second-order valence-corrected chi connectivity index (χ2v) is 7.87. The highest BCUT2D eigenvalue weighted by Crippen LogP contribution is 2.34. The fraction of sp³-hybridized carbons (Fsp3) is 0.444. The van der Waals surface area contributed by atoms with Gasteiger partial charge in [0.15, 0.2) is 0 Å². The van der Waals surface area contributed by atoms with Crippen LogP contribution in [0.2, 0.25) is 0 Å². The van der Waals surface area contributed by atoms with Gasteiger partial charge in [0.05, 0.1) is 11.5 Å². The third-order valence-corrected chi connectivity index (χ3v) is 6.50. The molecule has 5 nitrogen and oxygen atoms in total. The van der Waals surface area contributed by atoms with Crippen molar-refractivity contribution in [2.45, 2.75) is 30.7 Å². The quantitative estimate of drug-likeness (QED) is 0.831. The molecule has 1 aliphatic rings. The Morgan fingerprint density at radius 2 is 1.92 bits per heavy atom. The second-order valence-electron chi connectivity index (χ2n) is 6.01. The van der Waals surface area contributed by atoms with Gasteiger partial charge >= 0.3 is 0 Å². The maximum atomic E-state index is 13.3. The van der Waals surface area contributed by atoms with E-state index in [1.54, 1.807) is 16.4 Å². The fourth-order valence-electron chi connectivity index (χ4n) is 3.44. The summed E-state index contributed by atoms with van der Waals surface area (Å²) in [6.07, 6.45) is 1.80. The average molecular weight is 385 g/mol. The number of nitrogens with one attached hydrogen (secondary N) is 1. The standard InChI is InChI=1S/C18H24N2O3S.ClH/c1-3-23-17-10-11-18(16-9-5-4-8-15(16)17)24(21,22)20-12-6-7-14(20)13-19-2;/h4-5,8-11,14,19H,3,6-7,12-13H2,1-2H3;1H. The predicted octanol–water partition coefficient (Wildman–Crippen LogP) is 3.03. The van der Waals surface area contributed by atoms with E-state index in [1.807, 2.05) is 38.2 Å². The third kappa shape index (κ3) is 3.77. The molecule has 0 aliphatic carbocycles. The molecule has 2 aromatic rings. The van der Waals surface area contributed by atoms with E-state index in [2.05, 4.69) is 5.32 Å². The predicted molar refractivity (Wildman–Crippen MR) is 103 cm³/mol. The SMILES string of the molecule is CCOc1ccc(S(=O)(=O)N2CCCC2CNC)c2ccccc12.Cl. The van der Waals surface area contributed by atoms with Crippen LogP contribution in [-0.4, -0.2) is 45.5 Å². The first kappa shape index (κ1) is 20.0. The summed E-state index contributed by atoms with van der Waals surface area (Å²) in [5, 5.41) is 4.66. The minimum Gasteiger partial charge on any atom is -0.493 e. The summed E-state index contributed by atoms with van der Waals surface area (Å²) < 4.78 is 33.8. The van der Waals surface area contributed by atoms with Gasteiger partial charge in [-0.25, -0.2) is 8.42 Å². The van der Waals surface area contributed by atoms with Crippen LogP contribution in [-0.2, 0) is 10.0 Å². The Bertz CT molecular complexity index is 826. The highest BCUT2D eigenvalue weighted by Gasteiger charge is 2.35. The van der Waals surface area contributed by atoms with Crippen molar-refractivity contribution in [1.82, 2.24) is 9.62 Å². The van der Waals surface area contributed by atoms with E-state index in [9.17, 15) is 8.42 Å². The number of sulfonamides is 1. The third-order valence-electron chi connectivity index (χ3n) is 4.49. The van der Waals surface area contributed by atoms with Crippen molar-refractivity contribution in [3.05, 3.63) is 36.4 Å². The van der Waals surface area contributed by atoms with E-state index in [-0.39, 0.29) is 18.4 Å². The van der Waals surface area contributed by atoms with Crippen LogP contribution in [0, 0.1) is 0 Å². The lowest BCUT2D eigenvalue weighted by Crippen LogP contribution is -2.40. The molecule has 1 aliphatic heterocycles. The molecule has 138 valence electrons. The van der Waals surface area contributed by atoms with Crippen molar-refractivity contribution in [2.24, 2.45) is 0 Å². The molecule has 1 unspecified atom stereocenters. The Hall–Kier alpha value is -1.34. The molecule has 3 rings (SSSR count). The summed E-state index contributed by atoms with van der Waals surface area (Å²) >= 11 is 0. The van der Waals surface area contributed by atoms with Crippen LogP contribution >= 0.6 is 12.4 Å². The molecule has 0 aromatic heterocycles. The zero-order valence-electron chi connectivity index (χ0n) is 14.6. The monoisotopic (exact) mass is 384 g/mol. The van der Waals surface area contributed by atoms with E-state index >= 15 is 0 Å². The van der Waals surface area contributed by atoms with Gasteiger partial charge < -0.3 is 10.1 Å². The number of fused-ring (bicyclic) bond motifs is 1. The van der Waals surface area contributed by atoms with Crippen LogP contribution in [0.5, 0.6) is 5.75 Å². The summed E-state index contributed by atoms with van der Waals surface area (Å²) in [5.41, 5.74) is 0. The first-order valence-electron chi connectivity index (χ1n) is 8.40. The number of rotatable bonds is 6. The Kier molecular flexibility index (Phi) is 6.68.